The van der Waals surface area contributed by atoms with Gasteiger partial charge in [-0.2, -0.15) is 0 Å². The maximum Gasteiger partial charge on any atom is 0.321 e. The van der Waals surface area contributed by atoms with Crippen molar-refractivity contribution >= 4 is 27.4 Å². The average Bonchev–Trinajstić information content (AvgIpc) is 3.51. The molecule has 0 radical (unpaired) electrons. The number of hydrogen-bond acceptors (Lipinski definition) is 6. The van der Waals surface area contributed by atoms with E-state index in [-0.39, 0.29) is 28.9 Å². The molecule has 1 unspecified atom stereocenters. The summed E-state index contributed by atoms with van der Waals surface area (Å²) < 4.78 is 23.0. The summed E-state index contributed by atoms with van der Waals surface area (Å²) in [5, 5.41) is 20.4. The Labute approximate surface area is 223 Å². The molecule has 5 N–H and O–H groups in total. The number of allylic oxidation sites excluding steroid dienone is 4. The molecule has 1 saturated carbocycles. The van der Waals surface area contributed by atoms with Crippen molar-refractivity contribution in [3.05, 3.63) is 71.1 Å². The van der Waals surface area contributed by atoms with Gasteiger partial charge in [0.2, 0.25) is 10.0 Å². The van der Waals surface area contributed by atoms with Crippen LogP contribution in [0.2, 0.25) is 0 Å². The Balaban J connectivity index is 1.34. The Morgan fingerprint density at radius 1 is 1.16 bits per heavy atom. The number of amides is 2. The van der Waals surface area contributed by atoms with Crippen LogP contribution in [-0.4, -0.2) is 49.1 Å². The second-order valence-corrected chi connectivity index (χ2v) is 12.1. The molecule has 3 aliphatic rings. The Bertz CT molecular complexity index is 1380. The summed E-state index contributed by atoms with van der Waals surface area (Å²) in [5.74, 6) is 1.03. The molecule has 2 aromatic rings. The number of aryl methyl sites for hydroxylation is 1. The lowest BCUT2D eigenvalue weighted by Gasteiger charge is -2.32. The van der Waals surface area contributed by atoms with Crippen molar-refractivity contribution in [1.82, 2.24) is 15.2 Å². The van der Waals surface area contributed by atoms with Gasteiger partial charge < -0.3 is 15.7 Å². The van der Waals surface area contributed by atoms with Crippen LogP contribution in [0.4, 0.5) is 10.6 Å². The zero-order valence-corrected chi connectivity index (χ0v) is 22.4. The van der Waals surface area contributed by atoms with Crippen molar-refractivity contribution in [2.75, 3.05) is 25.0 Å². The molecule has 1 saturated heterocycles. The molecule has 1 aromatic heterocycles. The van der Waals surface area contributed by atoms with Crippen molar-refractivity contribution in [2.24, 2.45) is 16.5 Å². The highest BCUT2D eigenvalue weighted by Crippen LogP contribution is 2.57. The highest BCUT2D eigenvalue weighted by molar-refractivity contribution is 7.89. The minimum Gasteiger partial charge on any atom is -0.395 e. The van der Waals surface area contributed by atoms with Gasteiger partial charge in [0.15, 0.2) is 0 Å². The molecule has 9 nitrogen and oxygen atoms in total. The quantitative estimate of drug-likeness (QED) is 0.427. The second kappa shape index (κ2) is 10.5. The summed E-state index contributed by atoms with van der Waals surface area (Å²) in [6.07, 6.45) is 9.69. The number of aliphatic hydroxyl groups is 1. The van der Waals surface area contributed by atoms with Gasteiger partial charge in [-0.3, -0.25) is 4.90 Å². The maximum absolute atomic E-state index is 13.4. The summed E-state index contributed by atoms with van der Waals surface area (Å²) in [4.78, 5) is 20.0. The van der Waals surface area contributed by atoms with Gasteiger partial charge in [0, 0.05) is 36.9 Å². The van der Waals surface area contributed by atoms with Gasteiger partial charge >= 0.3 is 6.03 Å². The molecule has 10 heteroatoms. The summed E-state index contributed by atoms with van der Waals surface area (Å²) in [7, 11) is -3.75. The predicted molar refractivity (Wildman–Crippen MR) is 146 cm³/mol. The molecular weight excluding hydrogens is 502 g/mol. The number of nitrogens with one attached hydrogen (secondary N) is 2. The van der Waals surface area contributed by atoms with Crippen molar-refractivity contribution in [1.29, 1.82) is 0 Å². The number of carbonyl (C=O) groups excluding carboxylic acids is 1. The molecule has 5 rings (SSSR count). The summed E-state index contributed by atoms with van der Waals surface area (Å²) in [6, 6.07) is 10.2. The molecule has 1 aromatic carbocycles. The maximum atomic E-state index is 13.4. The highest BCUT2D eigenvalue weighted by Gasteiger charge is 2.52. The third-order valence-electron chi connectivity index (χ3n) is 8.15. The molecule has 1 aliphatic heterocycles. The third kappa shape index (κ3) is 5.21. The Hall–Kier alpha value is -3.21. The number of nitrogens with two attached hydrogens (primary N) is 1. The average molecular weight is 538 g/mol. The smallest absolute Gasteiger partial charge is 0.321 e. The number of aliphatic hydroxyl groups excluding tert-OH is 1. The van der Waals surface area contributed by atoms with Gasteiger partial charge in [-0.25, -0.2) is 23.3 Å². The number of fused-ring (bicyclic) bond motifs is 2. The van der Waals surface area contributed by atoms with E-state index in [0.717, 1.165) is 47.6 Å². The van der Waals surface area contributed by atoms with Crippen LogP contribution >= 0.6 is 0 Å². The largest absolute Gasteiger partial charge is 0.395 e. The number of rotatable bonds is 7. The normalized spacial score (nSPS) is 20.2. The number of urea groups is 1. The van der Waals surface area contributed by atoms with Gasteiger partial charge in [-0.1, -0.05) is 31.1 Å². The molecule has 202 valence electrons. The zero-order chi connectivity index (χ0) is 26.9. The van der Waals surface area contributed by atoms with Crippen molar-refractivity contribution in [2.45, 2.75) is 50.5 Å². The molecular formula is C28H35N5O4S. The molecule has 2 aliphatic carbocycles. The van der Waals surface area contributed by atoms with Gasteiger partial charge in [-0.15, -0.1) is 0 Å². The van der Waals surface area contributed by atoms with Crippen LogP contribution in [0.25, 0.3) is 5.57 Å². The van der Waals surface area contributed by atoms with Crippen LogP contribution in [-0.2, 0) is 16.6 Å². The first kappa shape index (κ1) is 26.4. The summed E-state index contributed by atoms with van der Waals surface area (Å²) in [6.45, 7) is 3.54. The minimum atomic E-state index is -3.75. The lowest BCUT2D eigenvalue weighted by Crippen LogP contribution is -2.38. The molecule has 2 amide bonds. The number of primary sulfonamides is 1. The molecule has 38 heavy (non-hydrogen) atoms. The first-order valence-corrected chi connectivity index (χ1v) is 14.7. The highest BCUT2D eigenvalue weighted by atomic mass is 32.2. The van der Waals surface area contributed by atoms with E-state index in [1.165, 1.54) is 30.5 Å². The van der Waals surface area contributed by atoms with Crippen LogP contribution in [0.1, 0.15) is 48.9 Å². The van der Waals surface area contributed by atoms with E-state index in [9.17, 15) is 13.2 Å². The van der Waals surface area contributed by atoms with Gasteiger partial charge in [0.25, 0.3) is 0 Å². The van der Waals surface area contributed by atoms with Crippen molar-refractivity contribution < 1.29 is 18.3 Å². The second-order valence-electron chi connectivity index (χ2n) is 10.5. The monoisotopic (exact) mass is 537 g/mol. The number of carbonyl (C=O) groups is 1. The topological polar surface area (TPSA) is 138 Å². The number of hydrogen-bond donors (Lipinski definition) is 4. The summed E-state index contributed by atoms with van der Waals surface area (Å²) >= 11 is 0. The lowest BCUT2D eigenvalue weighted by molar-refractivity contribution is 0.199. The number of anilines is 1. The van der Waals surface area contributed by atoms with Crippen LogP contribution in [0.5, 0.6) is 0 Å². The molecule has 1 atom stereocenters. The number of nitrogens with zero attached hydrogens (tertiary/aromatic N) is 2. The van der Waals surface area contributed by atoms with Crippen LogP contribution < -0.4 is 15.8 Å². The Kier molecular flexibility index (Phi) is 7.30. The van der Waals surface area contributed by atoms with Crippen LogP contribution in [0.15, 0.2) is 59.1 Å². The predicted octanol–water partition coefficient (Wildman–Crippen LogP) is 3.51. The van der Waals surface area contributed by atoms with E-state index >= 15 is 0 Å². The van der Waals surface area contributed by atoms with Gasteiger partial charge in [0.05, 0.1) is 11.5 Å². The van der Waals surface area contributed by atoms with E-state index in [2.05, 4.69) is 33.8 Å². The van der Waals surface area contributed by atoms with Crippen molar-refractivity contribution in [3.63, 3.8) is 0 Å². The summed E-state index contributed by atoms with van der Waals surface area (Å²) in [5.41, 5.74) is 5.26. The third-order valence-corrected chi connectivity index (χ3v) is 9.08. The molecule has 2 fully saturated rings. The standard InChI is InChI=1S/C28H35N5O4S/c1-19-23(9-11-26(32-19)30-14-15-34)21-6-10-25-24(16-21)28(12-2-3-13-28)18-33(25)27(35)31-17-20-4-7-22(8-5-20)38(29,36)37/h4-11,24,34H,2-3,12-18H2,1H3,(H,30,32)(H,31,35)(H2,29,36,37). The lowest BCUT2D eigenvalue weighted by atomic mass is 9.70. The fraction of sp³-hybridized carbons (Fsp3) is 0.429. The first-order valence-electron chi connectivity index (χ1n) is 13.1. The minimum absolute atomic E-state index is 0.0505. The number of pyridine rings is 1. The Morgan fingerprint density at radius 2 is 1.89 bits per heavy atom. The molecule has 1 spiro atoms. The molecule has 0 bridgehead atoms. The first-order chi connectivity index (χ1) is 18.2. The van der Waals surface area contributed by atoms with Crippen LogP contribution in [0.3, 0.4) is 0 Å². The number of aromatic nitrogens is 1. The van der Waals surface area contributed by atoms with E-state index in [1.54, 1.807) is 12.1 Å². The van der Waals surface area contributed by atoms with E-state index < -0.39 is 10.0 Å². The molecule has 2 heterocycles. The number of likely N-dealkylation sites (tertiary alicyclic amines) is 1. The SMILES string of the molecule is Cc1nc(NCCO)ccc1C1=CC=C2C(C1)C1(CCCC1)CN2C(=O)NCc1ccc(S(N)(=O)=O)cc1. The van der Waals surface area contributed by atoms with E-state index in [4.69, 9.17) is 10.2 Å². The van der Waals surface area contributed by atoms with Gasteiger partial charge in [0.1, 0.15) is 5.82 Å². The van der Waals surface area contributed by atoms with E-state index in [1.807, 2.05) is 17.9 Å². The zero-order valence-electron chi connectivity index (χ0n) is 21.6. The van der Waals surface area contributed by atoms with Gasteiger partial charge in [-0.05, 0) is 78.6 Å². The van der Waals surface area contributed by atoms with Crippen LogP contribution in [0, 0.1) is 18.3 Å². The van der Waals surface area contributed by atoms with E-state index in [0.29, 0.717) is 19.6 Å². The fourth-order valence-electron chi connectivity index (χ4n) is 6.25. The van der Waals surface area contributed by atoms with Crippen molar-refractivity contribution in [3.8, 4) is 0 Å². The Morgan fingerprint density at radius 3 is 2.55 bits per heavy atom. The number of benzene rings is 1. The fourth-order valence-corrected chi connectivity index (χ4v) is 6.76. The number of sulfonamides is 1.